The van der Waals surface area contributed by atoms with Crippen LogP contribution in [0.2, 0.25) is 0 Å². The number of rotatable bonds is 5. The molecule has 0 bridgehead atoms. The van der Waals surface area contributed by atoms with E-state index in [9.17, 15) is 0 Å². The van der Waals surface area contributed by atoms with Crippen molar-refractivity contribution in [1.82, 2.24) is 10.2 Å². The highest BCUT2D eigenvalue weighted by atomic mass is 32.2. The topological polar surface area (TPSA) is 38.9 Å². The molecule has 0 saturated heterocycles. The van der Waals surface area contributed by atoms with Gasteiger partial charge in [0.05, 0.1) is 0 Å². The molecular formula is C11H20N2OS. The maximum absolute atomic E-state index is 5.57. The van der Waals surface area contributed by atoms with Crippen LogP contribution in [0.15, 0.2) is 9.64 Å². The molecule has 0 N–H and O–H groups in total. The molecule has 3 nitrogen and oxygen atoms in total. The Bertz CT molecular complexity index is 291. The molecule has 0 saturated carbocycles. The van der Waals surface area contributed by atoms with Crippen LogP contribution in [0.4, 0.5) is 0 Å². The Balaban J connectivity index is 2.40. The lowest BCUT2D eigenvalue weighted by molar-refractivity contribution is 0.347. The summed E-state index contributed by atoms with van der Waals surface area (Å²) in [5.41, 5.74) is -0.0464. The van der Waals surface area contributed by atoms with E-state index in [0.717, 1.165) is 11.6 Å². The van der Waals surface area contributed by atoms with Gasteiger partial charge in [0.25, 0.3) is 5.22 Å². The normalized spacial score (nSPS) is 12.0. The summed E-state index contributed by atoms with van der Waals surface area (Å²) < 4.78 is 5.57. The van der Waals surface area contributed by atoms with Crippen LogP contribution >= 0.6 is 11.8 Å². The van der Waals surface area contributed by atoms with Crippen LogP contribution < -0.4 is 0 Å². The van der Waals surface area contributed by atoms with Crippen molar-refractivity contribution in [1.29, 1.82) is 0 Å². The lowest BCUT2D eigenvalue weighted by atomic mass is 9.97. The lowest BCUT2D eigenvalue weighted by Gasteiger charge is -2.10. The second-order valence-corrected chi connectivity index (χ2v) is 5.72. The molecule has 1 heterocycles. The number of unbranched alkanes of at least 4 members (excludes halogenated alkanes) is 2. The third-order valence-corrected chi connectivity index (χ3v) is 2.93. The Hall–Kier alpha value is -0.510. The van der Waals surface area contributed by atoms with Gasteiger partial charge in [-0.15, -0.1) is 10.2 Å². The molecule has 0 aromatic carbocycles. The Labute approximate surface area is 96.0 Å². The molecule has 15 heavy (non-hydrogen) atoms. The SMILES string of the molecule is CCCCCSc1nnc(C(C)(C)C)o1. The summed E-state index contributed by atoms with van der Waals surface area (Å²) in [6.45, 7) is 8.43. The van der Waals surface area contributed by atoms with Crippen molar-refractivity contribution < 1.29 is 4.42 Å². The molecule has 0 radical (unpaired) electrons. The van der Waals surface area contributed by atoms with Crippen LogP contribution in [-0.2, 0) is 5.41 Å². The molecule has 0 amide bonds. The zero-order valence-corrected chi connectivity index (χ0v) is 10.9. The summed E-state index contributed by atoms with van der Waals surface area (Å²) in [4.78, 5) is 0. The van der Waals surface area contributed by atoms with E-state index >= 15 is 0 Å². The van der Waals surface area contributed by atoms with Gasteiger partial charge in [0, 0.05) is 11.2 Å². The summed E-state index contributed by atoms with van der Waals surface area (Å²) in [5, 5.41) is 8.78. The van der Waals surface area contributed by atoms with E-state index in [1.165, 1.54) is 19.3 Å². The highest BCUT2D eigenvalue weighted by Gasteiger charge is 2.21. The maximum atomic E-state index is 5.57. The molecule has 0 aliphatic carbocycles. The fraction of sp³-hybridized carbons (Fsp3) is 0.818. The number of hydrogen-bond donors (Lipinski definition) is 0. The molecular weight excluding hydrogens is 208 g/mol. The quantitative estimate of drug-likeness (QED) is 0.569. The van der Waals surface area contributed by atoms with Crippen LogP contribution in [0.25, 0.3) is 0 Å². The zero-order chi connectivity index (χ0) is 11.3. The van der Waals surface area contributed by atoms with E-state index in [0.29, 0.717) is 5.22 Å². The van der Waals surface area contributed by atoms with Crippen molar-refractivity contribution in [2.24, 2.45) is 0 Å². The predicted molar refractivity (Wildman–Crippen MR) is 63.2 cm³/mol. The third kappa shape index (κ3) is 4.24. The molecule has 0 fully saturated rings. The van der Waals surface area contributed by atoms with E-state index in [2.05, 4.69) is 37.9 Å². The Morgan fingerprint density at radius 1 is 1.20 bits per heavy atom. The van der Waals surface area contributed by atoms with E-state index in [-0.39, 0.29) is 5.41 Å². The fourth-order valence-electron chi connectivity index (χ4n) is 1.08. The summed E-state index contributed by atoms with van der Waals surface area (Å²) in [6, 6.07) is 0. The van der Waals surface area contributed by atoms with Crippen LogP contribution in [0, 0.1) is 0 Å². The van der Waals surface area contributed by atoms with Gasteiger partial charge in [-0.2, -0.15) is 0 Å². The van der Waals surface area contributed by atoms with E-state index in [4.69, 9.17) is 4.42 Å². The molecule has 4 heteroatoms. The maximum Gasteiger partial charge on any atom is 0.276 e. The largest absolute Gasteiger partial charge is 0.415 e. The van der Waals surface area contributed by atoms with Gasteiger partial charge in [0.2, 0.25) is 5.89 Å². The molecule has 0 aliphatic rings. The Morgan fingerprint density at radius 3 is 2.47 bits per heavy atom. The van der Waals surface area contributed by atoms with Gasteiger partial charge in [-0.1, -0.05) is 52.3 Å². The van der Waals surface area contributed by atoms with Crippen molar-refractivity contribution in [2.45, 2.75) is 57.6 Å². The van der Waals surface area contributed by atoms with Crippen molar-refractivity contribution in [3.05, 3.63) is 5.89 Å². The van der Waals surface area contributed by atoms with Crippen LogP contribution in [0.5, 0.6) is 0 Å². The van der Waals surface area contributed by atoms with Crippen LogP contribution in [0.3, 0.4) is 0 Å². The average Bonchev–Trinajstić information content (AvgIpc) is 2.60. The van der Waals surface area contributed by atoms with Crippen molar-refractivity contribution in [3.8, 4) is 0 Å². The number of aromatic nitrogens is 2. The van der Waals surface area contributed by atoms with Gasteiger partial charge in [-0.3, -0.25) is 0 Å². The molecule has 86 valence electrons. The number of hydrogen-bond acceptors (Lipinski definition) is 4. The van der Waals surface area contributed by atoms with Crippen molar-refractivity contribution in [3.63, 3.8) is 0 Å². The first kappa shape index (κ1) is 12.6. The predicted octanol–water partition coefficient (Wildman–Crippen LogP) is 3.65. The van der Waals surface area contributed by atoms with Gasteiger partial charge < -0.3 is 4.42 Å². The molecule has 0 aliphatic heterocycles. The lowest BCUT2D eigenvalue weighted by Crippen LogP contribution is -2.11. The third-order valence-electron chi connectivity index (χ3n) is 2.02. The second-order valence-electron chi connectivity index (χ2n) is 4.68. The smallest absolute Gasteiger partial charge is 0.276 e. The number of thioether (sulfide) groups is 1. The van der Waals surface area contributed by atoms with Crippen molar-refractivity contribution >= 4 is 11.8 Å². The first-order chi connectivity index (χ1) is 7.04. The van der Waals surface area contributed by atoms with Crippen LogP contribution in [0.1, 0.15) is 52.8 Å². The first-order valence-corrected chi connectivity index (χ1v) is 6.49. The van der Waals surface area contributed by atoms with E-state index in [1.807, 2.05) is 0 Å². The van der Waals surface area contributed by atoms with E-state index < -0.39 is 0 Å². The average molecular weight is 228 g/mol. The van der Waals surface area contributed by atoms with Gasteiger partial charge in [0.15, 0.2) is 0 Å². The summed E-state index contributed by atoms with van der Waals surface area (Å²) >= 11 is 1.66. The summed E-state index contributed by atoms with van der Waals surface area (Å²) in [5.74, 6) is 1.79. The minimum Gasteiger partial charge on any atom is -0.415 e. The molecule has 0 spiro atoms. The molecule has 0 atom stereocenters. The second kappa shape index (κ2) is 5.54. The van der Waals surface area contributed by atoms with Gasteiger partial charge in [-0.25, -0.2) is 0 Å². The zero-order valence-electron chi connectivity index (χ0n) is 10.0. The molecule has 0 unspecified atom stereocenters. The molecule has 1 aromatic heterocycles. The van der Waals surface area contributed by atoms with Gasteiger partial charge in [0.1, 0.15) is 0 Å². The standard InChI is InChI=1S/C11H20N2OS/c1-5-6-7-8-15-10-13-12-9(14-10)11(2,3)4/h5-8H2,1-4H3. The minimum atomic E-state index is -0.0464. The van der Waals surface area contributed by atoms with Gasteiger partial charge in [-0.05, 0) is 6.42 Å². The van der Waals surface area contributed by atoms with Crippen LogP contribution in [-0.4, -0.2) is 16.0 Å². The summed E-state index contributed by atoms with van der Waals surface area (Å²) in [6.07, 6.45) is 3.74. The molecule has 1 rings (SSSR count). The highest BCUT2D eigenvalue weighted by molar-refractivity contribution is 7.99. The first-order valence-electron chi connectivity index (χ1n) is 5.51. The number of nitrogens with zero attached hydrogens (tertiary/aromatic N) is 2. The Morgan fingerprint density at radius 2 is 1.93 bits per heavy atom. The monoisotopic (exact) mass is 228 g/mol. The fourth-order valence-corrected chi connectivity index (χ4v) is 1.84. The minimum absolute atomic E-state index is 0.0464. The van der Waals surface area contributed by atoms with Crippen molar-refractivity contribution in [2.75, 3.05) is 5.75 Å². The Kier molecular flexibility index (Phi) is 4.64. The molecule has 1 aromatic rings. The van der Waals surface area contributed by atoms with Gasteiger partial charge >= 0.3 is 0 Å². The highest BCUT2D eigenvalue weighted by Crippen LogP contribution is 2.25. The summed E-state index contributed by atoms with van der Waals surface area (Å²) in [7, 11) is 0. The van der Waals surface area contributed by atoms with E-state index in [1.54, 1.807) is 11.8 Å².